The maximum absolute atomic E-state index is 12.5. The zero-order chi connectivity index (χ0) is 24.0. The normalized spacial score (nSPS) is 11.2. The Morgan fingerprint density at radius 1 is 1.06 bits per heavy atom. The van der Waals surface area contributed by atoms with E-state index in [-0.39, 0.29) is 28.6 Å². The molecule has 0 aliphatic carbocycles. The molecule has 170 valence electrons. The second-order valence-electron chi connectivity index (χ2n) is 6.69. The first-order valence-corrected chi connectivity index (χ1v) is 10.5. The fraction of sp³-hybridized carbons (Fsp3) is 0.136. The van der Waals surface area contributed by atoms with Gasteiger partial charge in [-0.15, -0.1) is 11.3 Å². The molecule has 0 saturated heterocycles. The Labute approximate surface area is 192 Å². The van der Waals surface area contributed by atoms with Gasteiger partial charge in [-0.3, -0.25) is 19.7 Å². The van der Waals surface area contributed by atoms with Gasteiger partial charge in [-0.05, 0) is 48.7 Å². The largest absolute Gasteiger partial charge is 0.496 e. The first-order chi connectivity index (χ1) is 15.8. The quantitative estimate of drug-likeness (QED) is 0.288. The van der Waals surface area contributed by atoms with Crippen LogP contribution in [0.25, 0.3) is 0 Å². The third-order valence-electron chi connectivity index (χ3n) is 4.41. The van der Waals surface area contributed by atoms with Crippen molar-refractivity contribution in [2.75, 3.05) is 17.7 Å². The summed E-state index contributed by atoms with van der Waals surface area (Å²) in [5, 5.41) is 18.1. The van der Waals surface area contributed by atoms with Crippen LogP contribution in [0.15, 0.2) is 60.0 Å². The van der Waals surface area contributed by atoms with Gasteiger partial charge in [0.25, 0.3) is 17.5 Å². The van der Waals surface area contributed by atoms with E-state index in [4.69, 9.17) is 9.47 Å². The van der Waals surface area contributed by atoms with Gasteiger partial charge in [-0.25, -0.2) is 4.79 Å². The number of carbonyl (C=O) groups is 3. The number of nitrogens with one attached hydrogen (secondary N) is 2. The number of ether oxygens (including phenoxy) is 2. The number of rotatable bonds is 8. The summed E-state index contributed by atoms with van der Waals surface area (Å²) < 4.78 is 10.1. The van der Waals surface area contributed by atoms with E-state index >= 15 is 0 Å². The molecule has 0 fully saturated rings. The molecule has 11 heteroatoms. The maximum Gasteiger partial charge on any atom is 0.338 e. The topological polar surface area (TPSA) is 137 Å². The molecule has 10 nitrogen and oxygen atoms in total. The molecular formula is C22H19N3O7S. The molecule has 3 aromatic rings. The maximum atomic E-state index is 12.5. The first kappa shape index (κ1) is 23.4. The Balaban J connectivity index is 1.65. The van der Waals surface area contributed by atoms with Gasteiger partial charge in [0.2, 0.25) is 0 Å². The van der Waals surface area contributed by atoms with Crippen LogP contribution in [0.2, 0.25) is 0 Å². The van der Waals surface area contributed by atoms with Crippen LogP contribution in [0.4, 0.5) is 17.1 Å². The molecule has 2 amide bonds. The van der Waals surface area contributed by atoms with Crippen molar-refractivity contribution in [2.24, 2.45) is 0 Å². The lowest BCUT2D eigenvalue weighted by Gasteiger charge is -2.14. The number of hydrogen-bond donors (Lipinski definition) is 2. The Kier molecular flexibility index (Phi) is 7.36. The standard InChI is InChI=1S/C22H19N3O7S/c1-13(20(26)24-17-9-8-16(31-2)12-18(17)25(29)30)32-22(28)14-5-3-6-15(11-14)23-21(27)19-7-4-10-33-19/h3-13H,1-2H3,(H,23,27)(H,24,26). The fourth-order valence-electron chi connectivity index (χ4n) is 2.74. The molecule has 0 saturated carbocycles. The van der Waals surface area contributed by atoms with Crippen molar-refractivity contribution in [1.29, 1.82) is 0 Å². The van der Waals surface area contributed by atoms with E-state index < -0.39 is 22.9 Å². The summed E-state index contributed by atoms with van der Waals surface area (Å²) in [4.78, 5) is 48.3. The average Bonchev–Trinajstić information content (AvgIpc) is 3.34. The molecule has 1 unspecified atom stereocenters. The molecule has 1 aromatic heterocycles. The molecule has 0 aliphatic heterocycles. The van der Waals surface area contributed by atoms with Gasteiger partial charge >= 0.3 is 5.97 Å². The minimum atomic E-state index is -1.25. The average molecular weight is 469 g/mol. The van der Waals surface area contributed by atoms with Crippen LogP contribution in [0.5, 0.6) is 5.75 Å². The van der Waals surface area contributed by atoms with Gasteiger partial charge in [0.1, 0.15) is 11.4 Å². The Hall–Kier alpha value is -4.25. The number of carbonyl (C=O) groups excluding carboxylic acids is 3. The minimum Gasteiger partial charge on any atom is -0.496 e. The number of anilines is 2. The van der Waals surface area contributed by atoms with E-state index in [1.807, 2.05) is 0 Å². The molecule has 0 spiro atoms. The number of benzene rings is 2. The van der Waals surface area contributed by atoms with Crippen molar-refractivity contribution in [3.63, 3.8) is 0 Å². The van der Waals surface area contributed by atoms with Crippen molar-refractivity contribution in [3.05, 3.63) is 80.5 Å². The smallest absolute Gasteiger partial charge is 0.338 e. The van der Waals surface area contributed by atoms with Gasteiger partial charge in [0.15, 0.2) is 6.10 Å². The lowest BCUT2D eigenvalue weighted by Crippen LogP contribution is -2.30. The number of thiophene rings is 1. The van der Waals surface area contributed by atoms with Gasteiger partial charge in [0, 0.05) is 5.69 Å². The highest BCUT2D eigenvalue weighted by molar-refractivity contribution is 7.12. The van der Waals surface area contributed by atoms with E-state index in [1.165, 1.54) is 55.7 Å². The van der Waals surface area contributed by atoms with Gasteiger partial charge < -0.3 is 20.1 Å². The molecule has 33 heavy (non-hydrogen) atoms. The molecular weight excluding hydrogens is 450 g/mol. The van der Waals surface area contributed by atoms with Crippen LogP contribution in [0.3, 0.4) is 0 Å². The van der Waals surface area contributed by atoms with E-state index in [0.717, 1.165) is 0 Å². The molecule has 1 atom stereocenters. The Morgan fingerprint density at radius 3 is 2.52 bits per heavy atom. The summed E-state index contributed by atoms with van der Waals surface area (Å²) in [5.74, 6) is -1.61. The first-order valence-electron chi connectivity index (χ1n) is 9.57. The predicted octanol–water partition coefficient (Wildman–Crippen LogP) is 4.10. The van der Waals surface area contributed by atoms with Crippen LogP contribution < -0.4 is 15.4 Å². The van der Waals surface area contributed by atoms with Crippen molar-refractivity contribution >= 4 is 46.2 Å². The fourth-order valence-corrected chi connectivity index (χ4v) is 3.35. The van der Waals surface area contributed by atoms with Crippen molar-refractivity contribution in [3.8, 4) is 5.75 Å². The SMILES string of the molecule is COc1ccc(NC(=O)C(C)OC(=O)c2cccc(NC(=O)c3cccs3)c2)c([N+](=O)[O-])c1. The summed E-state index contributed by atoms with van der Waals surface area (Å²) in [6.45, 7) is 1.34. The Morgan fingerprint density at radius 2 is 1.85 bits per heavy atom. The zero-order valence-electron chi connectivity index (χ0n) is 17.6. The molecule has 2 N–H and O–H groups in total. The summed E-state index contributed by atoms with van der Waals surface area (Å²) in [5.41, 5.74) is 0.0743. The van der Waals surface area contributed by atoms with Gasteiger partial charge in [-0.1, -0.05) is 12.1 Å². The van der Waals surface area contributed by atoms with E-state index in [1.54, 1.807) is 29.6 Å². The number of nitro groups is 1. The Bertz CT molecular complexity index is 1190. The van der Waals surface area contributed by atoms with Crippen molar-refractivity contribution in [1.82, 2.24) is 0 Å². The second-order valence-corrected chi connectivity index (χ2v) is 7.64. The summed E-state index contributed by atoms with van der Waals surface area (Å²) >= 11 is 1.28. The summed E-state index contributed by atoms with van der Waals surface area (Å²) in [6, 6.07) is 13.4. The molecule has 0 aliphatic rings. The van der Waals surface area contributed by atoms with Gasteiger partial charge in [-0.2, -0.15) is 0 Å². The van der Waals surface area contributed by atoms with Crippen LogP contribution in [-0.2, 0) is 9.53 Å². The molecule has 0 bridgehead atoms. The van der Waals surface area contributed by atoms with E-state index in [2.05, 4.69) is 10.6 Å². The number of methoxy groups -OCH3 is 1. The summed E-state index contributed by atoms with van der Waals surface area (Å²) in [6.07, 6.45) is -1.25. The number of nitrogens with zero attached hydrogens (tertiary/aromatic N) is 1. The highest BCUT2D eigenvalue weighted by atomic mass is 32.1. The van der Waals surface area contributed by atoms with Gasteiger partial charge in [0.05, 0.1) is 28.5 Å². The van der Waals surface area contributed by atoms with Crippen LogP contribution in [0.1, 0.15) is 27.0 Å². The number of hydrogen-bond acceptors (Lipinski definition) is 8. The third kappa shape index (κ3) is 5.92. The number of esters is 1. The molecule has 0 radical (unpaired) electrons. The second kappa shape index (κ2) is 10.4. The highest BCUT2D eigenvalue weighted by Gasteiger charge is 2.23. The molecule has 1 heterocycles. The summed E-state index contributed by atoms with van der Waals surface area (Å²) in [7, 11) is 1.36. The van der Waals surface area contributed by atoms with E-state index in [0.29, 0.717) is 10.6 Å². The van der Waals surface area contributed by atoms with Crippen molar-refractivity contribution in [2.45, 2.75) is 13.0 Å². The third-order valence-corrected chi connectivity index (χ3v) is 5.28. The zero-order valence-corrected chi connectivity index (χ0v) is 18.4. The molecule has 3 rings (SSSR count). The van der Waals surface area contributed by atoms with Crippen LogP contribution >= 0.6 is 11.3 Å². The van der Waals surface area contributed by atoms with Crippen LogP contribution in [-0.4, -0.2) is 35.9 Å². The number of nitro benzene ring substituents is 1. The molecule has 2 aromatic carbocycles. The predicted molar refractivity (Wildman–Crippen MR) is 122 cm³/mol. The monoisotopic (exact) mass is 469 g/mol. The lowest BCUT2D eigenvalue weighted by molar-refractivity contribution is -0.384. The van der Waals surface area contributed by atoms with E-state index in [9.17, 15) is 24.5 Å². The van der Waals surface area contributed by atoms with Crippen molar-refractivity contribution < 1.29 is 28.8 Å². The number of amides is 2. The van der Waals surface area contributed by atoms with Crippen LogP contribution in [0, 0.1) is 10.1 Å². The highest BCUT2D eigenvalue weighted by Crippen LogP contribution is 2.29. The minimum absolute atomic E-state index is 0.0630. The lowest BCUT2D eigenvalue weighted by atomic mass is 10.2.